The molecule has 7 nitrogen and oxygen atoms in total. The van der Waals surface area contributed by atoms with Gasteiger partial charge in [-0.15, -0.1) is 9.35 Å². The molecular formula is C11H21O7P. The van der Waals surface area contributed by atoms with E-state index in [1.54, 1.807) is 27.7 Å². The molecule has 0 saturated carbocycles. The van der Waals surface area contributed by atoms with Crippen LogP contribution in [0.1, 0.15) is 27.7 Å². The summed E-state index contributed by atoms with van der Waals surface area (Å²) in [6.45, 7) is 7.33. The highest BCUT2D eigenvalue weighted by Crippen LogP contribution is 2.50. The first kappa shape index (κ1) is 18.3. The minimum atomic E-state index is -3.60. The molecule has 0 spiro atoms. The molecule has 0 fully saturated rings. The van der Waals surface area contributed by atoms with E-state index in [9.17, 15) is 9.36 Å². The van der Waals surface area contributed by atoms with Gasteiger partial charge in [-0.2, -0.15) is 0 Å². The van der Waals surface area contributed by atoms with Crippen molar-refractivity contribution in [3.63, 3.8) is 0 Å². The predicted octanol–water partition coefficient (Wildman–Crippen LogP) is 2.63. The van der Waals surface area contributed by atoms with Crippen molar-refractivity contribution in [2.24, 2.45) is 0 Å². The van der Waals surface area contributed by atoms with Gasteiger partial charge in [-0.3, -0.25) is 4.57 Å². The fraction of sp³-hybridized carbons (Fsp3) is 0.727. The van der Waals surface area contributed by atoms with Crippen LogP contribution < -0.4 is 0 Å². The topological polar surface area (TPSA) is 80.3 Å². The first-order chi connectivity index (χ1) is 8.97. The van der Waals surface area contributed by atoms with Crippen LogP contribution in [-0.2, 0) is 33.2 Å². The van der Waals surface area contributed by atoms with E-state index in [1.165, 1.54) is 6.08 Å². The van der Waals surface area contributed by atoms with E-state index in [4.69, 9.17) is 14.1 Å². The zero-order valence-corrected chi connectivity index (χ0v) is 12.6. The van der Waals surface area contributed by atoms with E-state index in [1.807, 2.05) is 0 Å². The molecular weight excluding hydrogens is 275 g/mol. The second kappa shape index (κ2) is 10.1. The Balaban J connectivity index is 4.61. The van der Waals surface area contributed by atoms with Crippen LogP contribution in [-0.4, -0.2) is 32.0 Å². The number of hydrogen-bond donors (Lipinski definition) is 0. The van der Waals surface area contributed by atoms with Gasteiger partial charge in [-0.05, 0) is 27.7 Å². The summed E-state index contributed by atoms with van der Waals surface area (Å²) in [5.74, 6) is -0.514. The van der Waals surface area contributed by atoms with Gasteiger partial charge in [0.05, 0.1) is 26.0 Å². The third-order valence-electron chi connectivity index (χ3n) is 1.66. The third kappa shape index (κ3) is 8.91. The van der Waals surface area contributed by atoms with E-state index in [-0.39, 0.29) is 26.0 Å². The Morgan fingerprint density at radius 2 is 1.58 bits per heavy atom. The van der Waals surface area contributed by atoms with Gasteiger partial charge in [0.15, 0.2) is 0 Å². The Bertz CT molecular complexity index is 328. The summed E-state index contributed by atoms with van der Waals surface area (Å²) in [6.07, 6.45) is 1.09. The first-order valence-corrected chi connectivity index (χ1v) is 7.75. The molecule has 0 atom stereocenters. The van der Waals surface area contributed by atoms with Gasteiger partial charge in [-0.1, -0.05) is 5.57 Å². The van der Waals surface area contributed by atoms with Crippen LogP contribution >= 0.6 is 7.60 Å². The first-order valence-electron chi connectivity index (χ1n) is 6.02. The van der Waals surface area contributed by atoms with E-state index >= 15 is 0 Å². The zero-order chi connectivity index (χ0) is 14.7. The Kier molecular flexibility index (Phi) is 9.73. The molecule has 0 aliphatic carbocycles. The molecule has 0 heterocycles. The summed E-state index contributed by atoms with van der Waals surface area (Å²) < 4.78 is 26.4. The molecule has 0 bridgehead atoms. The van der Waals surface area contributed by atoms with Crippen LogP contribution in [0.25, 0.3) is 0 Å². The maximum Gasteiger partial charge on any atom is 0.388 e. The molecule has 0 saturated heterocycles. The number of carbonyl (C=O) groups is 1. The minimum Gasteiger partial charge on any atom is -0.463 e. The highest BCUT2D eigenvalue weighted by molar-refractivity contribution is 7.53. The second-order valence-corrected chi connectivity index (χ2v) is 5.31. The van der Waals surface area contributed by atoms with Gasteiger partial charge in [0.1, 0.15) is 0 Å². The van der Waals surface area contributed by atoms with Crippen LogP contribution in [0.2, 0.25) is 0 Å². The number of esters is 1. The van der Waals surface area contributed by atoms with Crippen molar-refractivity contribution < 1.29 is 33.2 Å². The third-order valence-corrected chi connectivity index (χ3v) is 3.21. The fourth-order valence-electron chi connectivity index (χ4n) is 1.07. The van der Waals surface area contributed by atoms with Crippen molar-refractivity contribution in [2.45, 2.75) is 27.7 Å². The van der Waals surface area contributed by atoms with Crippen molar-refractivity contribution in [1.82, 2.24) is 0 Å². The average Bonchev–Trinajstić information content (AvgIpc) is 2.34. The molecule has 0 unspecified atom stereocenters. The molecule has 0 radical (unpaired) electrons. The summed E-state index contributed by atoms with van der Waals surface area (Å²) in [7, 11) is -3.60. The van der Waals surface area contributed by atoms with Crippen LogP contribution in [0.3, 0.4) is 0 Å². The maximum atomic E-state index is 12.2. The van der Waals surface area contributed by atoms with Crippen molar-refractivity contribution in [3.05, 3.63) is 11.6 Å². The van der Waals surface area contributed by atoms with Gasteiger partial charge < -0.3 is 4.74 Å². The minimum absolute atomic E-state index is 0.133. The van der Waals surface area contributed by atoms with Crippen molar-refractivity contribution in [2.75, 3.05) is 26.0 Å². The molecule has 0 N–H and O–H groups in total. The SMILES string of the molecule is CCOOP(=O)(CC(C)=CC(=O)OCC)OOCC. The van der Waals surface area contributed by atoms with Gasteiger partial charge >= 0.3 is 13.6 Å². The Hall–Kier alpha value is -0.720. The molecule has 0 aromatic carbocycles. The molecule has 0 rings (SSSR count). The molecule has 0 aliphatic heterocycles. The summed E-state index contributed by atoms with van der Waals surface area (Å²) in [6, 6.07) is 0. The van der Waals surface area contributed by atoms with E-state index in [2.05, 4.69) is 9.78 Å². The number of ether oxygens (including phenoxy) is 1. The van der Waals surface area contributed by atoms with Crippen LogP contribution in [0.4, 0.5) is 0 Å². The Labute approximate surface area is 113 Å². The Morgan fingerprint density at radius 3 is 2.00 bits per heavy atom. The number of rotatable bonds is 10. The highest BCUT2D eigenvalue weighted by atomic mass is 31.2. The second-order valence-electron chi connectivity index (χ2n) is 3.47. The van der Waals surface area contributed by atoms with Crippen LogP contribution in [0, 0.1) is 0 Å². The summed E-state index contributed by atoms with van der Waals surface area (Å²) in [5, 5.41) is 0. The highest BCUT2D eigenvalue weighted by Gasteiger charge is 2.28. The monoisotopic (exact) mass is 296 g/mol. The van der Waals surface area contributed by atoms with Crippen LogP contribution in [0.5, 0.6) is 0 Å². The fourth-order valence-corrected chi connectivity index (χ4v) is 2.43. The van der Waals surface area contributed by atoms with Gasteiger partial charge in [0.25, 0.3) is 0 Å². The van der Waals surface area contributed by atoms with Gasteiger partial charge in [0.2, 0.25) is 0 Å². The number of allylic oxidation sites excluding steroid dienone is 1. The molecule has 19 heavy (non-hydrogen) atoms. The predicted molar refractivity (Wildman–Crippen MR) is 68.3 cm³/mol. The lowest BCUT2D eigenvalue weighted by atomic mass is 10.3. The number of hydrogen-bond acceptors (Lipinski definition) is 7. The van der Waals surface area contributed by atoms with E-state index < -0.39 is 13.6 Å². The molecule has 0 amide bonds. The molecule has 0 aromatic heterocycles. The molecule has 8 heteroatoms. The van der Waals surface area contributed by atoms with E-state index in [0.29, 0.717) is 5.57 Å². The summed E-state index contributed by atoms with van der Waals surface area (Å²) in [5.41, 5.74) is 0.473. The van der Waals surface area contributed by atoms with Crippen molar-refractivity contribution >= 4 is 13.6 Å². The largest absolute Gasteiger partial charge is 0.463 e. The lowest BCUT2D eigenvalue weighted by molar-refractivity contribution is -0.262. The summed E-state index contributed by atoms with van der Waals surface area (Å²) in [4.78, 5) is 20.5. The molecule has 0 aliphatic rings. The smallest absolute Gasteiger partial charge is 0.388 e. The number of carbonyl (C=O) groups excluding carboxylic acids is 1. The zero-order valence-electron chi connectivity index (χ0n) is 11.7. The lowest BCUT2D eigenvalue weighted by Crippen LogP contribution is -2.06. The van der Waals surface area contributed by atoms with Crippen molar-refractivity contribution in [3.8, 4) is 0 Å². The average molecular weight is 296 g/mol. The maximum absolute atomic E-state index is 12.2. The van der Waals surface area contributed by atoms with Gasteiger partial charge in [-0.25, -0.2) is 14.6 Å². The van der Waals surface area contributed by atoms with E-state index in [0.717, 1.165) is 0 Å². The standard InChI is InChI=1S/C11H21O7P/c1-5-14-11(12)8-10(4)9-19(13,17-15-6-2)18-16-7-3/h8H,5-7,9H2,1-4H3. The normalized spacial score (nSPS) is 12.5. The van der Waals surface area contributed by atoms with Gasteiger partial charge in [0, 0.05) is 6.08 Å². The quantitative estimate of drug-likeness (QED) is 0.201. The van der Waals surface area contributed by atoms with Crippen molar-refractivity contribution in [1.29, 1.82) is 0 Å². The van der Waals surface area contributed by atoms with Crippen LogP contribution in [0.15, 0.2) is 11.6 Å². The molecule has 0 aromatic rings. The lowest BCUT2D eigenvalue weighted by Gasteiger charge is -2.15. The Morgan fingerprint density at radius 1 is 1.05 bits per heavy atom. The molecule has 112 valence electrons. The summed E-state index contributed by atoms with van der Waals surface area (Å²) >= 11 is 0.